The van der Waals surface area contributed by atoms with E-state index in [1.807, 2.05) is 6.20 Å². The lowest BCUT2D eigenvalue weighted by Gasteiger charge is -2.09. The summed E-state index contributed by atoms with van der Waals surface area (Å²) in [5.41, 5.74) is 1.33. The van der Waals surface area contributed by atoms with Crippen molar-refractivity contribution in [1.29, 1.82) is 0 Å². The van der Waals surface area contributed by atoms with Crippen LogP contribution >= 0.6 is 11.3 Å². The summed E-state index contributed by atoms with van der Waals surface area (Å²) in [5.74, 6) is 1.01. The zero-order valence-electron chi connectivity index (χ0n) is 8.66. The second kappa shape index (κ2) is 3.58. The largest absolute Gasteiger partial charge is 0.367 e. The topological polar surface area (TPSA) is 24.9 Å². The molecule has 14 heavy (non-hydrogen) atoms. The van der Waals surface area contributed by atoms with Crippen LogP contribution in [0.15, 0.2) is 17.6 Å². The molecule has 2 heterocycles. The first-order valence-electron chi connectivity index (χ1n) is 4.78. The molecule has 0 saturated heterocycles. The molecule has 2 aromatic rings. The van der Waals surface area contributed by atoms with Crippen molar-refractivity contribution in [1.82, 2.24) is 4.98 Å². The highest BCUT2D eigenvalue weighted by Gasteiger charge is 2.06. The van der Waals surface area contributed by atoms with Crippen LogP contribution in [0.25, 0.3) is 10.1 Å². The number of hydrogen-bond acceptors (Lipinski definition) is 3. The van der Waals surface area contributed by atoms with Crippen LogP contribution in [0, 0.1) is 6.92 Å². The van der Waals surface area contributed by atoms with Gasteiger partial charge in [0.25, 0.3) is 0 Å². The van der Waals surface area contributed by atoms with Gasteiger partial charge in [-0.05, 0) is 37.8 Å². The molecule has 2 nitrogen and oxygen atoms in total. The van der Waals surface area contributed by atoms with Crippen LogP contribution in [0.4, 0.5) is 5.82 Å². The second-order valence-corrected chi connectivity index (χ2v) is 4.63. The minimum Gasteiger partial charge on any atom is -0.367 e. The lowest BCUT2D eigenvalue weighted by atomic mass is 10.2. The van der Waals surface area contributed by atoms with Gasteiger partial charge in [-0.3, -0.25) is 0 Å². The van der Waals surface area contributed by atoms with Crippen LogP contribution in [0.5, 0.6) is 0 Å². The molecule has 0 spiro atoms. The summed E-state index contributed by atoms with van der Waals surface area (Å²) in [7, 11) is 0. The number of anilines is 1. The Hall–Kier alpha value is -1.09. The minimum absolute atomic E-state index is 0.426. The molecule has 0 atom stereocenters. The van der Waals surface area contributed by atoms with Gasteiger partial charge in [0.15, 0.2) is 0 Å². The van der Waals surface area contributed by atoms with Crippen LogP contribution in [0.3, 0.4) is 0 Å². The van der Waals surface area contributed by atoms with E-state index in [0.717, 1.165) is 5.82 Å². The fourth-order valence-electron chi connectivity index (χ4n) is 1.47. The van der Waals surface area contributed by atoms with Crippen molar-refractivity contribution >= 4 is 27.2 Å². The fraction of sp³-hybridized carbons (Fsp3) is 0.364. The van der Waals surface area contributed by atoms with E-state index in [1.165, 1.54) is 15.6 Å². The Kier molecular flexibility index (Phi) is 2.42. The van der Waals surface area contributed by atoms with Crippen molar-refractivity contribution in [3.63, 3.8) is 0 Å². The Morgan fingerprint density at radius 1 is 1.43 bits per heavy atom. The maximum atomic E-state index is 4.36. The molecule has 0 unspecified atom stereocenters. The van der Waals surface area contributed by atoms with Crippen LogP contribution in [-0.4, -0.2) is 11.0 Å². The minimum atomic E-state index is 0.426. The smallest absolute Gasteiger partial charge is 0.144 e. The molecule has 74 valence electrons. The van der Waals surface area contributed by atoms with Gasteiger partial charge in [0, 0.05) is 17.6 Å². The molecule has 0 fully saturated rings. The molecule has 0 bridgehead atoms. The van der Waals surface area contributed by atoms with Crippen LogP contribution in [0.2, 0.25) is 0 Å². The predicted molar refractivity (Wildman–Crippen MR) is 63.1 cm³/mol. The molecule has 1 N–H and O–H groups in total. The molecule has 3 heteroatoms. The van der Waals surface area contributed by atoms with Crippen molar-refractivity contribution < 1.29 is 0 Å². The van der Waals surface area contributed by atoms with E-state index in [-0.39, 0.29) is 0 Å². The third kappa shape index (κ3) is 1.60. The fourth-order valence-corrected chi connectivity index (χ4v) is 2.47. The third-order valence-corrected chi connectivity index (χ3v) is 3.23. The molecule has 0 aliphatic rings. The Morgan fingerprint density at radius 3 is 2.93 bits per heavy atom. The molecule has 2 rings (SSSR count). The van der Waals surface area contributed by atoms with Crippen LogP contribution in [0.1, 0.15) is 19.4 Å². The number of hydrogen-bond donors (Lipinski definition) is 1. The summed E-state index contributed by atoms with van der Waals surface area (Å²) in [4.78, 5) is 4.36. The highest BCUT2D eigenvalue weighted by atomic mass is 32.1. The standard InChI is InChI=1S/C11H14N2S/c1-7(2)13-11-10-9(4-5-12-11)8(3)6-14-10/h4-7H,1-3H3,(H,12,13). The average Bonchev–Trinajstić information content (AvgIpc) is 2.49. The maximum Gasteiger partial charge on any atom is 0.144 e. The quantitative estimate of drug-likeness (QED) is 0.814. The van der Waals surface area contributed by atoms with Crippen molar-refractivity contribution in [2.45, 2.75) is 26.8 Å². The first-order chi connectivity index (χ1) is 6.68. The van der Waals surface area contributed by atoms with Gasteiger partial charge in [-0.25, -0.2) is 4.98 Å². The summed E-state index contributed by atoms with van der Waals surface area (Å²) >= 11 is 1.76. The van der Waals surface area contributed by atoms with E-state index in [0.29, 0.717) is 6.04 Å². The summed E-state index contributed by atoms with van der Waals surface area (Å²) in [6.45, 7) is 6.39. The number of pyridine rings is 1. The van der Waals surface area contributed by atoms with E-state index >= 15 is 0 Å². The van der Waals surface area contributed by atoms with Crippen LogP contribution < -0.4 is 5.32 Å². The number of nitrogens with zero attached hydrogens (tertiary/aromatic N) is 1. The molecule has 0 aliphatic heterocycles. The van der Waals surface area contributed by atoms with Gasteiger partial charge in [0.1, 0.15) is 5.82 Å². The zero-order valence-corrected chi connectivity index (χ0v) is 9.48. The Labute approximate surface area is 88.0 Å². The Morgan fingerprint density at radius 2 is 2.21 bits per heavy atom. The maximum absolute atomic E-state index is 4.36. The summed E-state index contributed by atoms with van der Waals surface area (Å²) in [6, 6.07) is 2.50. The third-order valence-electron chi connectivity index (χ3n) is 2.11. The van der Waals surface area contributed by atoms with E-state index in [4.69, 9.17) is 0 Å². The van der Waals surface area contributed by atoms with E-state index in [1.54, 1.807) is 11.3 Å². The van der Waals surface area contributed by atoms with Gasteiger partial charge in [0.05, 0.1) is 4.70 Å². The molecule has 0 aromatic carbocycles. The van der Waals surface area contributed by atoms with Gasteiger partial charge < -0.3 is 5.32 Å². The Balaban J connectivity index is 2.54. The molecule has 0 radical (unpaired) electrons. The first kappa shape index (κ1) is 9.46. The Bertz CT molecular complexity index is 445. The highest BCUT2D eigenvalue weighted by Crippen LogP contribution is 2.30. The van der Waals surface area contributed by atoms with Gasteiger partial charge in [-0.15, -0.1) is 11.3 Å². The molecule has 0 aliphatic carbocycles. The van der Waals surface area contributed by atoms with Crippen LogP contribution in [-0.2, 0) is 0 Å². The molecular weight excluding hydrogens is 192 g/mol. The monoisotopic (exact) mass is 206 g/mol. The second-order valence-electron chi connectivity index (χ2n) is 3.75. The van der Waals surface area contributed by atoms with Gasteiger partial charge >= 0.3 is 0 Å². The van der Waals surface area contributed by atoms with Crippen molar-refractivity contribution in [3.8, 4) is 0 Å². The molecule has 0 saturated carbocycles. The number of fused-ring (bicyclic) bond motifs is 1. The van der Waals surface area contributed by atoms with Gasteiger partial charge in [-0.2, -0.15) is 0 Å². The van der Waals surface area contributed by atoms with Gasteiger partial charge in [-0.1, -0.05) is 0 Å². The van der Waals surface area contributed by atoms with Crippen molar-refractivity contribution in [2.75, 3.05) is 5.32 Å². The average molecular weight is 206 g/mol. The van der Waals surface area contributed by atoms with Gasteiger partial charge in [0.2, 0.25) is 0 Å². The van der Waals surface area contributed by atoms with E-state index in [9.17, 15) is 0 Å². The first-order valence-corrected chi connectivity index (χ1v) is 5.66. The molecule has 0 amide bonds. The molecular formula is C11H14N2S. The number of thiophene rings is 1. The van der Waals surface area contributed by atoms with E-state index in [2.05, 4.69) is 42.5 Å². The normalized spacial score (nSPS) is 11.1. The SMILES string of the molecule is Cc1csc2c(NC(C)C)nccc12. The lowest BCUT2D eigenvalue weighted by Crippen LogP contribution is -2.10. The summed E-state index contributed by atoms with van der Waals surface area (Å²) < 4.78 is 1.26. The number of aromatic nitrogens is 1. The molecule has 2 aromatic heterocycles. The number of nitrogens with one attached hydrogen (secondary N) is 1. The predicted octanol–water partition coefficient (Wildman–Crippen LogP) is 3.43. The highest BCUT2D eigenvalue weighted by molar-refractivity contribution is 7.18. The van der Waals surface area contributed by atoms with Crippen molar-refractivity contribution in [3.05, 3.63) is 23.2 Å². The summed E-state index contributed by atoms with van der Waals surface area (Å²) in [5, 5.41) is 6.85. The number of aryl methyl sites for hydroxylation is 1. The van der Waals surface area contributed by atoms with E-state index < -0.39 is 0 Å². The van der Waals surface area contributed by atoms with Crippen molar-refractivity contribution in [2.24, 2.45) is 0 Å². The lowest BCUT2D eigenvalue weighted by molar-refractivity contribution is 0.893. The zero-order chi connectivity index (χ0) is 10.1. The summed E-state index contributed by atoms with van der Waals surface area (Å²) in [6.07, 6.45) is 1.87. The number of rotatable bonds is 2.